The molecule has 0 unspecified atom stereocenters. The van der Waals surface area contributed by atoms with Gasteiger partial charge in [-0.2, -0.15) is 0 Å². The molecule has 1 aliphatic rings. The Labute approximate surface area is 170 Å². The molecule has 3 aromatic heterocycles. The fourth-order valence-corrected chi connectivity index (χ4v) is 3.67. The van der Waals surface area contributed by atoms with E-state index in [1.165, 1.54) is 0 Å². The largest absolute Gasteiger partial charge is 0.466 e. The van der Waals surface area contributed by atoms with Gasteiger partial charge in [-0.25, -0.2) is 9.97 Å². The SMILES string of the molecule is Cc1cc(C(=O)N2CCCN(Cc3cnc(-c4ccccn4)nc3)CC2)c(C)o1. The Morgan fingerprint density at radius 2 is 1.90 bits per heavy atom. The summed E-state index contributed by atoms with van der Waals surface area (Å²) in [5, 5.41) is 0. The number of aryl methyl sites for hydroxylation is 2. The number of hydrogen-bond acceptors (Lipinski definition) is 6. The smallest absolute Gasteiger partial charge is 0.257 e. The van der Waals surface area contributed by atoms with E-state index in [9.17, 15) is 4.79 Å². The van der Waals surface area contributed by atoms with Crippen LogP contribution in [0.2, 0.25) is 0 Å². The van der Waals surface area contributed by atoms with Crippen LogP contribution in [0.1, 0.15) is 33.9 Å². The van der Waals surface area contributed by atoms with E-state index in [-0.39, 0.29) is 5.91 Å². The van der Waals surface area contributed by atoms with E-state index in [0.29, 0.717) is 23.7 Å². The van der Waals surface area contributed by atoms with Crippen molar-refractivity contribution in [1.82, 2.24) is 24.8 Å². The third-order valence-corrected chi connectivity index (χ3v) is 5.15. The molecule has 4 heterocycles. The maximum Gasteiger partial charge on any atom is 0.257 e. The van der Waals surface area contributed by atoms with Gasteiger partial charge in [0, 0.05) is 56.9 Å². The van der Waals surface area contributed by atoms with E-state index in [2.05, 4.69) is 19.9 Å². The predicted octanol–water partition coefficient (Wildman–Crippen LogP) is 3.10. The predicted molar refractivity (Wildman–Crippen MR) is 109 cm³/mol. The van der Waals surface area contributed by atoms with E-state index in [1.54, 1.807) is 6.20 Å². The van der Waals surface area contributed by atoms with Crippen molar-refractivity contribution < 1.29 is 9.21 Å². The van der Waals surface area contributed by atoms with Crippen molar-refractivity contribution in [3.63, 3.8) is 0 Å². The van der Waals surface area contributed by atoms with Gasteiger partial charge >= 0.3 is 0 Å². The second-order valence-corrected chi connectivity index (χ2v) is 7.38. The topological polar surface area (TPSA) is 75.4 Å². The number of nitrogens with zero attached hydrogens (tertiary/aromatic N) is 5. The molecule has 0 aromatic carbocycles. The van der Waals surface area contributed by atoms with Gasteiger partial charge in [-0.05, 0) is 38.5 Å². The Morgan fingerprint density at radius 1 is 1.07 bits per heavy atom. The maximum atomic E-state index is 12.8. The van der Waals surface area contributed by atoms with Crippen molar-refractivity contribution >= 4 is 5.91 Å². The monoisotopic (exact) mass is 391 g/mol. The lowest BCUT2D eigenvalue weighted by atomic mass is 10.2. The Bertz CT molecular complexity index is 969. The molecule has 7 heteroatoms. The lowest BCUT2D eigenvalue weighted by Crippen LogP contribution is -2.35. The molecule has 0 saturated carbocycles. The van der Waals surface area contributed by atoms with Gasteiger partial charge in [-0.1, -0.05) is 6.07 Å². The second-order valence-electron chi connectivity index (χ2n) is 7.38. The Kier molecular flexibility index (Phi) is 5.67. The van der Waals surface area contributed by atoms with Gasteiger partial charge in [0.05, 0.1) is 5.56 Å². The molecule has 150 valence electrons. The molecule has 0 aliphatic carbocycles. The summed E-state index contributed by atoms with van der Waals surface area (Å²) in [4.78, 5) is 30.3. The average Bonchev–Trinajstić information content (AvgIpc) is 2.93. The Balaban J connectivity index is 1.36. The van der Waals surface area contributed by atoms with Gasteiger partial charge in [0.25, 0.3) is 5.91 Å². The Hall–Kier alpha value is -3.06. The summed E-state index contributed by atoms with van der Waals surface area (Å²) in [6, 6.07) is 7.54. The summed E-state index contributed by atoms with van der Waals surface area (Å²) >= 11 is 0. The van der Waals surface area contributed by atoms with E-state index in [0.717, 1.165) is 49.6 Å². The quantitative estimate of drug-likeness (QED) is 0.680. The molecule has 0 radical (unpaired) electrons. The molecule has 3 aromatic rings. The summed E-state index contributed by atoms with van der Waals surface area (Å²) in [6.07, 6.45) is 6.41. The standard InChI is InChI=1S/C22H25N5O2/c1-16-12-19(17(2)29-16)22(28)27-9-5-8-26(10-11-27)15-18-13-24-21(25-14-18)20-6-3-4-7-23-20/h3-4,6-7,12-14H,5,8-11,15H2,1-2H3. The molecule has 0 N–H and O–H groups in total. The molecular weight excluding hydrogens is 366 g/mol. The van der Waals surface area contributed by atoms with Crippen LogP contribution in [0.5, 0.6) is 0 Å². The van der Waals surface area contributed by atoms with Crippen LogP contribution in [0, 0.1) is 13.8 Å². The van der Waals surface area contributed by atoms with Crippen LogP contribution >= 0.6 is 0 Å². The first kappa shape index (κ1) is 19.3. The van der Waals surface area contributed by atoms with Crippen molar-refractivity contribution in [3.05, 3.63) is 65.5 Å². The zero-order valence-electron chi connectivity index (χ0n) is 16.8. The summed E-state index contributed by atoms with van der Waals surface area (Å²) in [5.74, 6) is 2.16. The fourth-order valence-electron chi connectivity index (χ4n) is 3.67. The van der Waals surface area contributed by atoms with Crippen LogP contribution in [-0.4, -0.2) is 56.8 Å². The minimum absolute atomic E-state index is 0.0595. The van der Waals surface area contributed by atoms with Crippen LogP contribution in [0.25, 0.3) is 11.5 Å². The molecular formula is C22H25N5O2. The fraction of sp³-hybridized carbons (Fsp3) is 0.364. The summed E-state index contributed by atoms with van der Waals surface area (Å²) in [5.41, 5.74) is 2.51. The highest BCUT2D eigenvalue weighted by molar-refractivity contribution is 5.95. The first-order chi connectivity index (χ1) is 14.1. The molecule has 1 fully saturated rings. The van der Waals surface area contributed by atoms with Gasteiger partial charge in [0.1, 0.15) is 17.2 Å². The van der Waals surface area contributed by atoms with Gasteiger partial charge in [0.2, 0.25) is 0 Å². The van der Waals surface area contributed by atoms with Gasteiger partial charge in [0.15, 0.2) is 5.82 Å². The lowest BCUT2D eigenvalue weighted by molar-refractivity contribution is 0.0759. The number of hydrogen-bond donors (Lipinski definition) is 0. The highest BCUT2D eigenvalue weighted by Crippen LogP contribution is 2.18. The van der Waals surface area contributed by atoms with Crippen molar-refractivity contribution in [1.29, 1.82) is 0 Å². The molecule has 1 aliphatic heterocycles. The highest BCUT2D eigenvalue weighted by Gasteiger charge is 2.23. The van der Waals surface area contributed by atoms with E-state index >= 15 is 0 Å². The normalized spacial score (nSPS) is 15.3. The highest BCUT2D eigenvalue weighted by atomic mass is 16.3. The van der Waals surface area contributed by atoms with E-state index < -0.39 is 0 Å². The van der Waals surface area contributed by atoms with Crippen LogP contribution in [-0.2, 0) is 6.54 Å². The summed E-state index contributed by atoms with van der Waals surface area (Å²) in [6.45, 7) is 7.71. The molecule has 0 atom stereocenters. The number of aromatic nitrogens is 3. The van der Waals surface area contributed by atoms with Gasteiger partial charge < -0.3 is 9.32 Å². The molecule has 1 amide bonds. The summed E-state index contributed by atoms with van der Waals surface area (Å²) in [7, 11) is 0. The number of carbonyl (C=O) groups excluding carboxylic acids is 1. The third kappa shape index (κ3) is 4.51. The van der Waals surface area contributed by atoms with E-state index in [4.69, 9.17) is 4.42 Å². The van der Waals surface area contributed by atoms with E-state index in [1.807, 2.05) is 55.4 Å². The number of furan rings is 1. The van der Waals surface area contributed by atoms with Crippen LogP contribution < -0.4 is 0 Å². The van der Waals surface area contributed by atoms with Crippen molar-refractivity contribution in [2.75, 3.05) is 26.2 Å². The zero-order valence-corrected chi connectivity index (χ0v) is 16.8. The number of carbonyl (C=O) groups is 1. The molecule has 1 saturated heterocycles. The minimum atomic E-state index is 0.0595. The second kappa shape index (κ2) is 8.53. The maximum absolute atomic E-state index is 12.8. The first-order valence-corrected chi connectivity index (χ1v) is 9.91. The summed E-state index contributed by atoms with van der Waals surface area (Å²) < 4.78 is 5.52. The van der Waals surface area contributed by atoms with Crippen molar-refractivity contribution in [3.8, 4) is 11.5 Å². The zero-order chi connectivity index (χ0) is 20.2. The van der Waals surface area contributed by atoms with Crippen LogP contribution in [0.3, 0.4) is 0 Å². The molecule has 0 spiro atoms. The average molecular weight is 391 g/mol. The van der Waals surface area contributed by atoms with Crippen LogP contribution in [0.4, 0.5) is 0 Å². The van der Waals surface area contributed by atoms with Gasteiger partial charge in [-0.15, -0.1) is 0 Å². The van der Waals surface area contributed by atoms with Gasteiger partial charge in [-0.3, -0.25) is 14.7 Å². The number of rotatable bonds is 4. The van der Waals surface area contributed by atoms with Crippen molar-refractivity contribution in [2.45, 2.75) is 26.8 Å². The Morgan fingerprint density at radius 3 is 2.59 bits per heavy atom. The molecule has 4 rings (SSSR count). The minimum Gasteiger partial charge on any atom is -0.466 e. The van der Waals surface area contributed by atoms with Crippen molar-refractivity contribution in [2.24, 2.45) is 0 Å². The molecule has 29 heavy (non-hydrogen) atoms. The molecule has 7 nitrogen and oxygen atoms in total. The number of amides is 1. The molecule has 0 bridgehead atoms. The van der Waals surface area contributed by atoms with Crippen LogP contribution in [0.15, 0.2) is 47.3 Å². The first-order valence-electron chi connectivity index (χ1n) is 9.91. The number of pyridine rings is 1. The lowest BCUT2D eigenvalue weighted by Gasteiger charge is -2.21. The third-order valence-electron chi connectivity index (χ3n) is 5.15.